The molecule has 1 fully saturated rings. The summed E-state index contributed by atoms with van der Waals surface area (Å²) >= 11 is 1.37. The van der Waals surface area contributed by atoms with Gasteiger partial charge in [0.15, 0.2) is 0 Å². The molecule has 100 valence electrons. The van der Waals surface area contributed by atoms with Gasteiger partial charge in [0.1, 0.15) is 0 Å². The molecule has 2 heterocycles. The van der Waals surface area contributed by atoms with Crippen LogP contribution in [0, 0.1) is 0 Å². The first-order valence-electron chi connectivity index (χ1n) is 5.57. The zero-order chi connectivity index (χ0) is 12.1. The van der Waals surface area contributed by atoms with Crippen molar-refractivity contribution in [2.45, 2.75) is 0 Å². The topological polar surface area (TPSA) is 61.4 Å². The lowest BCUT2D eigenvalue weighted by Crippen LogP contribution is -2.49. The molecule has 0 spiro atoms. The summed E-state index contributed by atoms with van der Waals surface area (Å²) in [6.07, 6.45) is 0. The van der Waals surface area contributed by atoms with Gasteiger partial charge in [0, 0.05) is 26.2 Å². The van der Waals surface area contributed by atoms with Crippen LogP contribution in [0.5, 0.6) is 0 Å². The minimum Gasteiger partial charge on any atom is -0.342 e. The Bertz CT molecular complexity index is 391. The highest BCUT2D eigenvalue weighted by Crippen LogP contribution is 2.07. The lowest BCUT2D eigenvalue weighted by molar-refractivity contribution is -0.130. The number of carbonyl (C=O) groups is 2. The normalized spacial score (nSPS) is 14.8. The lowest BCUT2D eigenvalue weighted by atomic mass is 10.3. The summed E-state index contributed by atoms with van der Waals surface area (Å²) in [7, 11) is 0. The van der Waals surface area contributed by atoms with E-state index in [2.05, 4.69) is 10.6 Å². The second-order valence-electron chi connectivity index (χ2n) is 3.79. The Hall–Kier alpha value is -1.11. The van der Waals surface area contributed by atoms with Crippen molar-refractivity contribution in [3.63, 3.8) is 0 Å². The van der Waals surface area contributed by atoms with Crippen LogP contribution in [-0.4, -0.2) is 49.4 Å². The van der Waals surface area contributed by atoms with E-state index in [-0.39, 0.29) is 30.8 Å². The number of piperazine rings is 1. The van der Waals surface area contributed by atoms with Crippen LogP contribution in [0.3, 0.4) is 0 Å². The van der Waals surface area contributed by atoms with Gasteiger partial charge in [-0.3, -0.25) is 9.59 Å². The van der Waals surface area contributed by atoms with Gasteiger partial charge in [-0.25, -0.2) is 0 Å². The van der Waals surface area contributed by atoms with Crippen molar-refractivity contribution in [3.8, 4) is 0 Å². The first-order valence-corrected chi connectivity index (χ1v) is 6.45. The third kappa shape index (κ3) is 3.97. The van der Waals surface area contributed by atoms with Crippen molar-refractivity contribution in [2.75, 3.05) is 32.7 Å². The summed E-state index contributed by atoms with van der Waals surface area (Å²) in [5.74, 6) is -0.195. The van der Waals surface area contributed by atoms with Crippen molar-refractivity contribution in [1.82, 2.24) is 15.5 Å². The summed E-state index contributed by atoms with van der Waals surface area (Å²) in [6, 6.07) is 3.56. The molecule has 2 rings (SSSR count). The fourth-order valence-electron chi connectivity index (χ4n) is 1.68. The Balaban J connectivity index is 0.00000162. The molecule has 5 nitrogen and oxygen atoms in total. The van der Waals surface area contributed by atoms with Gasteiger partial charge in [-0.05, 0) is 11.4 Å². The van der Waals surface area contributed by atoms with E-state index in [1.807, 2.05) is 11.4 Å². The Morgan fingerprint density at radius 3 is 2.72 bits per heavy atom. The average molecular weight is 290 g/mol. The van der Waals surface area contributed by atoms with Crippen molar-refractivity contribution in [3.05, 3.63) is 22.4 Å². The Kier molecular flexibility index (Phi) is 6.11. The predicted molar refractivity (Wildman–Crippen MR) is 73.3 cm³/mol. The molecular weight excluding hydrogens is 274 g/mol. The standard InChI is InChI=1S/C11H15N3O2S.ClH/c15-10(14-5-3-12-4-6-14)8-13-11(16)9-2-1-7-17-9;/h1-2,7,12H,3-6,8H2,(H,13,16);1H. The molecule has 0 aliphatic carbocycles. The summed E-state index contributed by atoms with van der Waals surface area (Å²) in [6.45, 7) is 3.16. The van der Waals surface area contributed by atoms with Crippen LogP contribution in [0.25, 0.3) is 0 Å². The van der Waals surface area contributed by atoms with Crippen LogP contribution >= 0.6 is 23.7 Å². The van der Waals surface area contributed by atoms with Gasteiger partial charge in [0.05, 0.1) is 11.4 Å². The van der Waals surface area contributed by atoms with Gasteiger partial charge < -0.3 is 15.5 Å². The Labute approximate surface area is 116 Å². The minimum absolute atomic E-state index is 0. The number of halogens is 1. The predicted octanol–water partition coefficient (Wildman–Crippen LogP) is 0.331. The maximum absolute atomic E-state index is 11.8. The minimum atomic E-state index is -0.177. The molecule has 0 bridgehead atoms. The van der Waals surface area contributed by atoms with E-state index in [1.54, 1.807) is 11.0 Å². The highest BCUT2D eigenvalue weighted by molar-refractivity contribution is 7.12. The number of carbonyl (C=O) groups excluding carboxylic acids is 2. The first kappa shape index (κ1) is 14.9. The van der Waals surface area contributed by atoms with Crippen LogP contribution in [0.1, 0.15) is 9.67 Å². The number of thiophene rings is 1. The fourth-order valence-corrected chi connectivity index (χ4v) is 2.32. The van der Waals surface area contributed by atoms with Gasteiger partial charge in [-0.2, -0.15) is 0 Å². The molecule has 0 saturated carbocycles. The van der Waals surface area contributed by atoms with Crippen molar-refractivity contribution >= 4 is 35.6 Å². The summed E-state index contributed by atoms with van der Waals surface area (Å²) in [4.78, 5) is 25.8. The molecule has 1 saturated heterocycles. The van der Waals surface area contributed by atoms with E-state index in [1.165, 1.54) is 11.3 Å². The number of nitrogens with zero attached hydrogens (tertiary/aromatic N) is 1. The molecule has 1 aromatic heterocycles. The summed E-state index contributed by atoms with van der Waals surface area (Å²) < 4.78 is 0. The zero-order valence-corrected chi connectivity index (χ0v) is 11.5. The van der Waals surface area contributed by atoms with Gasteiger partial charge in [0.25, 0.3) is 5.91 Å². The van der Waals surface area contributed by atoms with Gasteiger partial charge >= 0.3 is 0 Å². The van der Waals surface area contributed by atoms with Crippen LogP contribution in [0.15, 0.2) is 17.5 Å². The van der Waals surface area contributed by atoms with Crippen molar-refractivity contribution in [1.29, 1.82) is 0 Å². The molecule has 1 aliphatic rings. The number of amides is 2. The summed E-state index contributed by atoms with van der Waals surface area (Å²) in [5.41, 5.74) is 0. The number of hydrogen-bond acceptors (Lipinski definition) is 4. The van der Waals surface area contributed by atoms with Crippen LogP contribution in [0.2, 0.25) is 0 Å². The fraction of sp³-hybridized carbons (Fsp3) is 0.455. The molecule has 18 heavy (non-hydrogen) atoms. The second kappa shape index (κ2) is 7.35. The number of nitrogens with one attached hydrogen (secondary N) is 2. The van der Waals surface area contributed by atoms with Gasteiger partial charge in [0.2, 0.25) is 5.91 Å². The van der Waals surface area contributed by atoms with E-state index < -0.39 is 0 Å². The van der Waals surface area contributed by atoms with Gasteiger partial charge in [-0.15, -0.1) is 23.7 Å². The molecular formula is C11H16ClN3O2S. The molecule has 2 amide bonds. The highest BCUT2D eigenvalue weighted by atomic mass is 35.5. The first-order chi connectivity index (χ1) is 8.27. The molecule has 7 heteroatoms. The third-order valence-corrected chi connectivity index (χ3v) is 3.48. The Morgan fingerprint density at radius 2 is 2.11 bits per heavy atom. The molecule has 0 unspecified atom stereocenters. The number of rotatable bonds is 3. The summed E-state index contributed by atoms with van der Waals surface area (Å²) in [5, 5.41) is 7.66. The molecule has 0 radical (unpaired) electrons. The largest absolute Gasteiger partial charge is 0.342 e. The second-order valence-corrected chi connectivity index (χ2v) is 4.74. The van der Waals surface area contributed by atoms with E-state index in [0.717, 1.165) is 13.1 Å². The third-order valence-electron chi connectivity index (χ3n) is 2.61. The molecule has 0 atom stereocenters. The highest BCUT2D eigenvalue weighted by Gasteiger charge is 2.16. The maximum atomic E-state index is 11.8. The van der Waals surface area contributed by atoms with Crippen molar-refractivity contribution < 1.29 is 9.59 Å². The number of hydrogen-bond donors (Lipinski definition) is 2. The molecule has 2 N–H and O–H groups in total. The van der Waals surface area contributed by atoms with E-state index in [4.69, 9.17) is 0 Å². The lowest BCUT2D eigenvalue weighted by Gasteiger charge is -2.27. The monoisotopic (exact) mass is 289 g/mol. The molecule has 0 aromatic carbocycles. The zero-order valence-electron chi connectivity index (χ0n) is 9.85. The maximum Gasteiger partial charge on any atom is 0.261 e. The van der Waals surface area contributed by atoms with Crippen molar-refractivity contribution in [2.24, 2.45) is 0 Å². The van der Waals surface area contributed by atoms with Crippen LogP contribution < -0.4 is 10.6 Å². The quantitative estimate of drug-likeness (QED) is 0.843. The van der Waals surface area contributed by atoms with E-state index >= 15 is 0 Å². The smallest absolute Gasteiger partial charge is 0.261 e. The molecule has 1 aromatic rings. The SMILES string of the molecule is Cl.O=C(NCC(=O)N1CCNCC1)c1cccs1. The Morgan fingerprint density at radius 1 is 1.39 bits per heavy atom. The van der Waals surface area contributed by atoms with Crippen LogP contribution in [-0.2, 0) is 4.79 Å². The van der Waals surface area contributed by atoms with Crippen LogP contribution in [0.4, 0.5) is 0 Å². The van der Waals surface area contributed by atoms with E-state index in [9.17, 15) is 9.59 Å². The van der Waals surface area contributed by atoms with Gasteiger partial charge in [-0.1, -0.05) is 6.07 Å². The average Bonchev–Trinajstić information content (AvgIpc) is 2.90. The van der Waals surface area contributed by atoms with E-state index in [0.29, 0.717) is 18.0 Å². The molecule has 1 aliphatic heterocycles.